The van der Waals surface area contributed by atoms with E-state index in [2.05, 4.69) is 15.6 Å². The maximum atomic E-state index is 12.1. The van der Waals surface area contributed by atoms with Gasteiger partial charge < -0.3 is 10.6 Å². The number of amides is 1. The summed E-state index contributed by atoms with van der Waals surface area (Å²) >= 11 is 1.59. The quantitative estimate of drug-likeness (QED) is 0.896. The number of carbonyl (C=O) groups is 1. The lowest BCUT2D eigenvalue weighted by atomic mass is 10.0. The Kier molecular flexibility index (Phi) is 4.74. The summed E-state index contributed by atoms with van der Waals surface area (Å²) in [5.41, 5.74) is 3.65. The summed E-state index contributed by atoms with van der Waals surface area (Å²) in [7, 11) is 0. The Morgan fingerprint density at radius 1 is 1.42 bits per heavy atom. The first kappa shape index (κ1) is 14.2. The van der Waals surface area contributed by atoms with Crippen molar-refractivity contribution in [1.82, 2.24) is 10.3 Å². The van der Waals surface area contributed by atoms with Gasteiger partial charge in [0.15, 0.2) is 0 Å². The molecule has 4 nitrogen and oxygen atoms in total. The Morgan fingerprint density at radius 3 is 3.11 bits per heavy atom. The van der Waals surface area contributed by atoms with E-state index < -0.39 is 0 Å². The van der Waals surface area contributed by atoms with Crippen LogP contribution in [0.4, 0.5) is 5.69 Å². The van der Waals surface area contributed by atoms with Crippen molar-refractivity contribution in [2.75, 3.05) is 11.9 Å². The summed E-state index contributed by atoms with van der Waals surface area (Å²) < 4.78 is 1.10. The van der Waals surface area contributed by atoms with Crippen molar-refractivity contribution in [3.63, 3.8) is 0 Å². The Labute approximate surface area is 122 Å². The Bertz CT molecular complexity index is 566. The fraction of sp³-hybridized carbons (Fsp3) is 0.385. The zero-order valence-electron chi connectivity index (χ0n) is 10.4. The molecule has 1 aromatic heterocycles. The van der Waals surface area contributed by atoms with Crippen molar-refractivity contribution in [1.29, 1.82) is 0 Å². The molecule has 1 aliphatic heterocycles. The third-order valence-corrected chi connectivity index (χ3v) is 4.02. The molecule has 0 bridgehead atoms. The third kappa shape index (κ3) is 3.23. The maximum absolute atomic E-state index is 12.1. The summed E-state index contributed by atoms with van der Waals surface area (Å²) in [4.78, 5) is 16.3. The highest BCUT2D eigenvalue weighted by Gasteiger charge is 2.20. The van der Waals surface area contributed by atoms with Crippen LogP contribution >= 0.6 is 23.7 Å². The molecule has 3 rings (SSSR count). The second kappa shape index (κ2) is 6.32. The summed E-state index contributed by atoms with van der Waals surface area (Å²) in [5, 5.41) is 6.22. The molecule has 2 aromatic rings. The van der Waals surface area contributed by atoms with Gasteiger partial charge in [0, 0.05) is 5.69 Å². The zero-order chi connectivity index (χ0) is 12.4. The number of nitrogens with zero attached hydrogens (tertiary/aromatic N) is 1. The van der Waals surface area contributed by atoms with Gasteiger partial charge in [0.1, 0.15) is 0 Å². The first-order chi connectivity index (χ1) is 8.83. The molecule has 0 unspecified atom stereocenters. The molecule has 0 radical (unpaired) electrons. The van der Waals surface area contributed by atoms with Gasteiger partial charge in [0.2, 0.25) is 5.91 Å². The van der Waals surface area contributed by atoms with E-state index in [1.165, 1.54) is 0 Å². The number of thiazole rings is 1. The van der Waals surface area contributed by atoms with Crippen molar-refractivity contribution < 1.29 is 4.79 Å². The summed E-state index contributed by atoms with van der Waals surface area (Å²) in [6.07, 6.45) is 3.21. The normalized spacial score (nSPS) is 18.8. The van der Waals surface area contributed by atoms with Gasteiger partial charge in [-0.05, 0) is 37.6 Å². The van der Waals surface area contributed by atoms with E-state index in [4.69, 9.17) is 0 Å². The molecule has 1 fully saturated rings. The molecule has 19 heavy (non-hydrogen) atoms. The highest BCUT2D eigenvalue weighted by molar-refractivity contribution is 7.16. The number of fused-ring (bicyclic) bond motifs is 1. The smallest absolute Gasteiger partial charge is 0.241 e. The van der Waals surface area contributed by atoms with Gasteiger partial charge in [-0.2, -0.15) is 0 Å². The van der Waals surface area contributed by atoms with E-state index in [0.29, 0.717) is 0 Å². The van der Waals surface area contributed by atoms with E-state index in [0.717, 1.165) is 41.7 Å². The number of anilines is 1. The minimum atomic E-state index is -0.0455. The average Bonchev–Trinajstić information content (AvgIpc) is 2.87. The molecule has 1 aliphatic rings. The number of piperidine rings is 1. The number of carbonyl (C=O) groups excluding carboxylic acids is 1. The van der Waals surface area contributed by atoms with E-state index in [-0.39, 0.29) is 24.4 Å². The topological polar surface area (TPSA) is 54.0 Å². The number of halogens is 1. The first-order valence-corrected chi connectivity index (χ1v) is 7.08. The molecule has 0 aliphatic carbocycles. The first-order valence-electron chi connectivity index (χ1n) is 6.20. The van der Waals surface area contributed by atoms with Gasteiger partial charge in [0.25, 0.3) is 0 Å². The number of nitrogens with one attached hydrogen (secondary N) is 2. The van der Waals surface area contributed by atoms with E-state index in [1.54, 1.807) is 11.3 Å². The van der Waals surface area contributed by atoms with Crippen LogP contribution in [-0.4, -0.2) is 23.5 Å². The second-order valence-corrected chi connectivity index (χ2v) is 5.41. The Hall–Kier alpha value is -1.17. The van der Waals surface area contributed by atoms with Crippen molar-refractivity contribution in [2.45, 2.75) is 25.3 Å². The monoisotopic (exact) mass is 297 g/mol. The third-order valence-electron chi connectivity index (χ3n) is 3.23. The average molecular weight is 298 g/mol. The van der Waals surface area contributed by atoms with E-state index in [1.807, 2.05) is 23.7 Å². The second-order valence-electron chi connectivity index (χ2n) is 4.53. The van der Waals surface area contributed by atoms with Gasteiger partial charge >= 0.3 is 0 Å². The maximum Gasteiger partial charge on any atom is 0.241 e. The molecular weight excluding hydrogens is 282 g/mol. The number of benzene rings is 1. The minimum absolute atomic E-state index is 0. The summed E-state index contributed by atoms with van der Waals surface area (Å²) in [5.74, 6) is 0.0681. The van der Waals surface area contributed by atoms with Gasteiger partial charge in [-0.1, -0.05) is 6.42 Å². The number of aromatic nitrogens is 1. The molecule has 1 saturated heterocycles. The van der Waals surface area contributed by atoms with Crippen LogP contribution in [0.3, 0.4) is 0 Å². The van der Waals surface area contributed by atoms with Crippen molar-refractivity contribution in [3.05, 3.63) is 23.7 Å². The van der Waals surface area contributed by atoms with Crippen LogP contribution < -0.4 is 10.6 Å². The van der Waals surface area contributed by atoms with E-state index >= 15 is 0 Å². The molecule has 102 valence electrons. The Balaban J connectivity index is 0.00000133. The van der Waals surface area contributed by atoms with Crippen LogP contribution in [0.25, 0.3) is 10.2 Å². The number of hydrogen-bond acceptors (Lipinski definition) is 4. The SMILES string of the molecule is Cl.O=C(Nc1ccc2ncsc2c1)[C@@H]1CCCCN1. The molecule has 1 amide bonds. The predicted molar refractivity (Wildman–Crippen MR) is 81.1 cm³/mol. The van der Waals surface area contributed by atoms with Crippen LogP contribution in [0.2, 0.25) is 0 Å². The highest BCUT2D eigenvalue weighted by atomic mass is 35.5. The van der Waals surface area contributed by atoms with Crippen molar-refractivity contribution in [2.24, 2.45) is 0 Å². The summed E-state index contributed by atoms with van der Waals surface area (Å²) in [6.45, 7) is 0.936. The number of rotatable bonds is 2. The minimum Gasteiger partial charge on any atom is -0.325 e. The van der Waals surface area contributed by atoms with Gasteiger partial charge in [-0.25, -0.2) is 4.98 Å². The molecule has 1 atom stereocenters. The molecule has 2 N–H and O–H groups in total. The molecule has 2 heterocycles. The molecule has 0 saturated carbocycles. The van der Waals surface area contributed by atoms with Crippen LogP contribution in [0.15, 0.2) is 23.7 Å². The molecule has 0 spiro atoms. The standard InChI is InChI=1S/C13H15N3OS.ClH/c17-13(11-3-1-2-6-14-11)16-9-4-5-10-12(7-9)18-8-15-10;/h4-5,7-8,11,14H,1-3,6H2,(H,16,17);1H/t11-;/m0./s1. The Morgan fingerprint density at radius 2 is 2.32 bits per heavy atom. The van der Waals surface area contributed by atoms with Crippen LogP contribution in [0.5, 0.6) is 0 Å². The van der Waals surface area contributed by atoms with E-state index in [9.17, 15) is 4.79 Å². The van der Waals surface area contributed by atoms with Crippen LogP contribution in [0.1, 0.15) is 19.3 Å². The lowest BCUT2D eigenvalue weighted by Crippen LogP contribution is -2.43. The molecule has 1 aromatic carbocycles. The van der Waals surface area contributed by atoms with Crippen LogP contribution in [0, 0.1) is 0 Å². The van der Waals surface area contributed by atoms with Crippen molar-refractivity contribution in [3.8, 4) is 0 Å². The lowest BCUT2D eigenvalue weighted by Gasteiger charge is -2.22. The summed E-state index contributed by atoms with van der Waals surface area (Å²) in [6, 6.07) is 5.78. The van der Waals surface area contributed by atoms with Gasteiger partial charge in [0.05, 0.1) is 21.8 Å². The van der Waals surface area contributed by atoms with Crippen molar-refractivity contribution >= 4 is 45.6 Å². The lowest BCUT2D eigenvalue weighted by molar-refractivity contribution is -0.118. The molecule has 6 heteroatoms. The fourth-order valence-corrected chi connectivity index (χ4v) is 2.95. The fourth-order valence-electron chi connectivity index (χ4n) is 2.24. The highest BCUT2D eigenvalue weighted by Crippen LogP contribution is 2.22. The predicted octanol–water partition coefficient (Wildman–Crippen LogP) is 2.80. The zero-order valence-corrected chi connectivity index (χ0v) is 12.0. The number of hydrogen-bond donors (Lipinski definition) is 2. The van der Waals surface area contributed by atoms with Gasteiger partial charge in [-0.15, -0.1) is 23.7 Å². The van der Waals surface area contributed by atoms with Crippen LogP contribution in [-0.2, 0) is 4.79 Å². The largest absolute Gasteiger partial charge is 0.325 e. The molecular formula is C13H16ClN3OS. The van der Waals surface area contributed by atoms with Gasteiger partial charge in [-0.3, -0.25) is 4.79 Å².